The van der Waals surface area contributed by atoms with E-state index in [4.69, 9.17) is 10.5 Å². The van der Waals surface area contributed by atoms with Crippen molar-refractivity contribution in [2.45, 2.75) is 19.9 Å². The fourth-order valence-electron chi connectivity index (χ4n) is 1.51. The van der Waals surface area contributed by atoms with Crippen LogP contribution in [0.25, 0.3) is 0 Å². The van der Waals surface area contributed by atoms with Crippen molar-refractivity contribution in [1.29, 1.82) is 0 Å². The molecule has 0 aromatic heterocycles. The molecule has 1 heterocycles. The van der Waals surface area contributed by atoms with E-state index in [0.717, 1.165) is 6.29 Å². The quantitative estimate of drug-likeness (QED) is 0.684. The van der Waals surface area contributed by atoms with Crippen molar-refractivity contribution >= 4 is 12.2 Å². The molecule has 1 atom stereocenters. The van der Waals surface area contributed by atoms with Gasteiger partial charge in [0, 0.05) is 0 Å². The van der Waals surface area contributed by atoms with Crippen molar-refractivity contribution in [1.82, 2.24) is 4.90 Å². The van der Waals surface area contributed by atoms with E-state index in [2.05, 4.69) is 0 Å². The topological polar surface area (TPSA) is 72.6 Å². The number of primary amides is 1. The Morgan fingerprint density at radius 3 is 1.94 bits per heavy atom. The second-order valence-electron chi connectivity index (χ2n) is 4.49. The Bertz CT molecular complexity index is 217. The first-order chi connectivity index (χ1) is 7.40. The SMILES string of the molecule is CC(C)C(C(N)=O)N(C)C.O=CC1COC1. The summed E-state index contributed by atoms with van der Waals surface area (Å²) in [5.41, 5.74) is 5.16. The average Bonchev–Trinajstić information content (AvgIpc) is 1.99. The average molecular weight is 230 g/mol. The van der Waals surface area contributed by atoms with Gasteiger partial charge in [-0.3, -0.25) is 9.69 Å². The lowest BCUT2D eigenvalue weighted by molar-refractivity contribution is -0.124. The molecular weight excluding hydrogens is 208 g/mol. The summed E-state index contributed by atoms with van der Waals surface area (Å²) in [6.07, 6.45) is 0.934. The number of hydrogen-bond acceptors (Lipinski definition) is 4. The van der Waals surface area contributed by atoms with E-state index >= 15 is 0 Å². The number of carbonyl (C=O) groups is 2. The Kier molecular flexibility index (Phi) is 6.92. The maximum Gasteiger partial charge on any atom is 0.235 e. The minimum absolute atomic E-state index is 0.139. The van der Waals surface area contributed by atoms with Crippen LogP contribution in [0.15, 0.2) is 0 Å². The molecule has 1 aliphatic rings. The van der Waals surface area contributed by atoms with Crippen LogP contribution in [0.2, 0.25) is 0 Å². The molecular formula is C11H22N2O3. The Morgan fingerprint density at radius 1 is 1.44 bits per heavy atom. The van der Waals surface area contributed by atoms with Gasteiger partial charge >= 0.3 is 0 Å². The van der Waals surface area contributed by atoms with Gasteiger partial charge in [-0.1, -0.05) is 13.8 Å². The largest absolute Gasteiger partial charge is 0.380 e. The summed E-state index contributed by atoms with van der Waals surface area (Å²) in [5, 5.41) is 0. The lowest BCUT2D eigenvalue weighted by Crippen LogP contribution is -2.43. The van der Waals surface area contributed by atoms with Gasteiger partial charge in [0.25, 0.3) is 0 Å². The Labute approximate surface area is 96.9 Å². The van der Waals surface area contributed by atoms with Crippen LogP contribution < -0.4 is 5.73 Å². The van der Waals surface area contributed by atoms with Gasteiger partial charge in [-0.2, -0.15) is 0 Å². The zero-order valence-electron chi connectivity index (χ0n) is 10.5. The van der Waals surface area contributed by atoms with Crippen LogP contribution in [0.4, 0.5) is 0 Å². The molecule has 1 saturated heterocycles. The predicted molar refractivity (Wildman–Crippen MR) is 61.9 cm³/mol. The Morgan fingerprint density at radius 2 is 1.94 bits per heavy atom. The molecule has 0 aliphatic carbocycles. The van der Waals surface area contributed by atoms with Crippen molar-refractivity contribution in [3.8, 4) is 0 Å². The van der Waals surface area contributed by atoms with Crippen LogP contribution in [0, 0.1) is 11.8 Å². The molecule has 5 nitrogen and oxygen atoms in total. The van der Waals surface area contributed by atoms with Gasteiger partial charge in [0.05, 0.1) is 25.2 Å². The number of nitrogens with zero attached hydrogens (tertiary/aromatic N) is 1. The number of amides is 1. The number of nitrogens with two attached hydrogens (primary N) is 1. The summed E-state index contributed by atoms with van der Waals surface area (Å²) < 4.78 is 4.69. The summed E-state index contributed by atoms with van der Waals surface area (Å²) in [7, 11) is 3.71. The molecule has 2 N–H and O–H groups in total. The minimum Gasteiger partial charge on any atom is -0.380 e. The van der Waals surface area contributed by atoms with Gasteiger partial charge in [-0.15, -0.1) is 0 Å². The van der Waals surface area contributed by atoms with Crippen LogP contribution in [-0.2, 0) is 14.3 Å². The lowest BCUT2D eigenvalue weighted by atomic mass is 10.0. The van der Waals surface area contributed by atoms with E-state index in [1.165, 1.54) is 0 Å². The molecule has 0 radical (unpaired) electrons. The maximum absolute atomic E-state index is 10.8. The summed E-state index contributed by atoms with van der Waals surface area (Å²) in [6, 6.07) is -0.139. The molecule has 0 aromatic rings. The van der Waals surface area contributed by atoms with Crippen molar-refractivity contribution in [2.75, 3.05) is 27.3 Å². The van der Waals surface area contributed by atoms with Crippen molar-refractivity contribution in [3.63, 3.8) is 0 Å². The lowest BCUT2D eigenvalue weighted by Gasteiger charge is -2.24. The number of carbonyl (C=O) groups excluding carboxylic acids is 2. The van der Waals surface area contributed by atoms with Crippen LogP contribution in [-0.4, -0.2) is 50.4 Å². The highest BCUT2D eigenvalue weighted by Crippen LogP contribution is 2.05. The fourth-order valence-corrected chi connectivity index (χ4v) is 1.51. The monoisotopic (exact) mass is 230 g/mol. The highest BCUT2D eigenvalue weighted by Gasteiger charge is 2.20. The second-order valence-corrected chi connectivity index (χ2v) is 4.49. The van der Waals surface area contributed by atoms with Gasteiger partial charge in [-0.05, 0) is 20.0 Å². The molecule has 1 unspecified atom stereocenters. The fraction of sp³-hybridized carbons (Fsp3) is 0.818. The minimum atomic E-state index is -0.250. The third-order valence-electron chi connectivity index (χ3n) is 2.34. The molecule has 1 amide bonds. The third-order valence-corrected chi connectivity index (χ3v) is 2.34. The van der Waals surface area contributed by atoms with E-state index in [1.54, 1.807) is 0 Å². The molecule has 1 aliphatic heterocycles. The first-order valence-electron chi connectivity index (χ1n) is 5.39. The normalized spacial score (nSPS) is 17.4. The van der Waals surface area contributed by atoms with E-state index < -0.39 is 0 Å². The van der Waals surface area contributed by atoms with E-state index in [0.29, 0.717) is 13.2 Å². The molecule has 0 spiro atoms. The Balaban J connectivity index is 0.000000315. The summed E-state index contributed by atoms with van der Waals surface area (Å²) >= 11 is 0. The van der Waals surface area contributed by atoms with Crippen molar-refractivity contribution in [2.24, 2.45) is 17.6 Å². The summed E-state index contributed by atoms with van der Waals surface area (Å²) in [6.45, 7) is 5.25. The molecule has 0 aromatic carbocycles. The maximum atomic E-state index is 10.8. The highest BCUT2D eigenvalue weighted by atomic mass is 16.5. The van der Waals surface area contributed by atoms with E-state index in [9.17, 15) is 9.59 Å². The summed E-state index contributed by atoms with van der Waals surface area (Å²) in [5.74, 6) is 0.248. The van der Waals surface area contributed by atoms with Crippen LogP contribution in [0.1, 0.15) is 13.8 Å². The first kappa shape index (κ1) is 15.1. The predicted octanol–water partition coefficient (Wildman–Crippen LogP) is -0.110. The van der Waals surface area contributed by atoms with E-state index in [1.807, 2.05) is 32.8 Å². The van der Waals surface area contributed by atoms with Crippen LogP contribution in [0.5, 0.6) is 0 Å². The number of likely N-dealkylation sites (N-methyl/N-ethyl adjacent to an activating group) is 1. The number of rotatable bonds is 4. The van der Waals surface area contributed by atoms with Gasteiger partial charge in [0.15, 0.2) is 0 Å². The number of ether oxygens (including phenoxy) is 1. The van der Waals surface area contributed by atoms with Gasteiger partial charge in [-0.25, -0.2) is 0 Å². The van der Waals surface area contributed by atoms with Gasteiger partial charge < -0.3 is 15.3 Å². The molecule has 1 rings (SSSR count). The third kappa shape index (κ3) is 5.23. The second kappa shape index (κ2) is 7.35. The van der Waals surface area contributed by atoms with E-state index in [-0.39, 0.29) is 23.8 Å². The zero-order chi connectivity index (χ0) is 12.7. The van der Waals surface area contributed by atoms with Gasteiger partial charge in [0.2, 0.25) is 5.91 Å². The molecule has 0 bridgehead atoms. The zero-order valence-corrected chi connectivity index (χ0v) is 10.5. The van der Waals surface area contributed by atoms with Crippen molar-refractivity contribution < 1.29 is 14.3 Å². The molecule has 16 heavy (non-hydrogen) atoms. The van der Waals surface area contributed by atoms with Gasteiger partial charge in [0.1, 0.15) is 6.29 Å². The number of hydrogen-bond donors (Lipinski definition) is 1. The number of aldehydes is 1. The molecule has 5 heteroatoms. The van der Waals surface area contributed by atoms with Crippen LogP contribution in [0.3, 0.4) is 0 Å². The first-order valence-corrected chi connectivity index (χ1v) is 5.39. The standard InChI is InChI=1S/C7H16N2O.C4H6O2/c1-5(2)6(7(8)10)9(3)4;5-1-4-2-6-3-4/h5-6H,1-4H3,(H2,8,10);1,4H,2-3H2. The Hall–Kier alpha value is -0.940. The highest BCUT2D eigenvalue weighted by molar-refractivity contribution is 5.80. The summed E-state index contributed by atoms with van der Waals surface area (Å²) in [4.78, 5) is 22.3. The molecule has 94 valence electrons. The molecule has 1 fully saturated rings. The van der Waals surface area contributed by atoms with Crippen LogP contribution >= 0.6 is 0 Å². The molecule has 0 saturated carbocycles. The van der Waals surface area contributed by atoms with Crippen molar-refractivity contribution in [3.05, 3.63) is 0 Å². The smallest absolute Gasteiger partial charge is 0.235 e.